The number of carbonyl (C=O) groups is 2. The van der Waals surface area contributed by atoms with Crippen molar-refractivity contribution in [3.63, 3.8) is 0 Å². The predicted octanol–water partition coefficient (Wildman–Crippen LogP) is 1.12. The van der Waals surface area contributed by atoms with Gasteiger partial charge in [0, 0.05) is 47.4 Å². The molecule has 0 spiro atoms. The number of nitrogens with one attached hydrogen (secondary N) is 1. The van der Waals surface area contributed by atoms with Gasteiger partial charge in [-0.15, -0.1) is 23.2 Å². The smallest absolute Gasteiger partial charge is 1.00 e. The van der Waals surface area contributed by atoms with Crippen LogP contribution < -0.4 is 16.8 Å². The number of hydrogen-bond donors (Lipinski definition) is 3. The summed E-state index contributed by atoms with van der Waals surface area (Å²) in [5.41, 5.74) is 10.3. The van der Waals surface area contributed by atoms with E-state index < -0.39 is 19.1 Å². The van der Waals surface area contributed by atoms with Crippen LogP contribution in [0.25, 0.3) is 0 Å². The molecule has 0 aromatic carbocycles. The van der Waals surface area contributed by atoms with Gasteiger partial charge in [-0.05, 0) is 51.6 Å². The largest absolute Gasteiger partial charge is 2.00 e. The van der Waals surface area contributed by atoms with Gasteiger partial charge >= 0.3 is 97.8 Å². The third kappa shape index (κ3) is 23.5. The molecule has 10 nitrogen and oxygen atoms in total. The fourth-order valence-electron chi connectivity index (χ4n) is 3.12. The summed E-state index contributed by atoms with van der Waals surface area (Å²) in [5, 5.41) is 3.16. The van der Waals surface area contributed by atoms with Crippen LogP contribution >= 0.6 is 33.9 Å². The van der Waals surface area contributed by atoms with Gasteiger partial charge in [-0.3, -0.25) is 9.59 Å². The molecule has 0 aromatic heterocycles. The van der Waals surface area contributed by atoms with Crippen molar-refractivity contribution in [2.45, 2.75) is 46.0 Å². The van der Waals surface area contributed by atoms with Crippen LogP contribution in [0, 0.1) is 11.8 Å². The van der Waals surface area contributed by atoms with Crippen LogP contribution in [0.5, 0.6) is 0 Å². The van der Waals surface area contributed by atoms with Crippen molar-refractivity contribution >= 4 is 163 Å². The number of primary amides is 2. The zero-order chi connectivity index (χ0) is 25.5. The Kier molecular flexibility index (Phi) is 32.4. The summed E-state index contributed by atoms with van der Waals surface area (Å²) in [5.74, 6) is 0.207. The number of piperidine rings is 2. The van der Waals surface area contributed by atoms with Crippen molar-refractivity contribution in [2.24, 2.45) is 23.3 Å². The van der Waals surface area contributed by atoms with Gasteiger partial charge in [-0.25, -0.2) is 21.1 Å². The molecule has 2 aliphatic heterocycles. The number of sulfonamides is 1. The second kappa shape index (κ2) is 25.5. The topological polar surface area (TPSA) is 170 Å². The van der Waals surface area contributed by atoms with Crippen LogP contribution in [0.2, 0.25) is 0 Å². The van der Waals surface area contributed by atoms with E-state index in [1.165, 1.54) is 4.31 Å². The number of alkyl halides is 2. The Bertz CT molecular complexity index is 816. The second-order valence-electron chi connectivity index (χ2n) is 7.65. The van der Waals surface area contributed by atoms with Crippen LogP contribution in [0.15, 0.2) is 0 Å². The molecule has 0 radical (unpaired) electrons. The van der Waals surface area contributed by atoms with Crippen molar-refractivity contribution in [3.05, 3.63) is 0 Å². The number of halogens is 3. The first kappa shape index (κ1) is 45.8. The van der Waals surface area contributed by atoms with Gasteiger partial charge < -0.3 is 22.5 Å². The summed E-state index contributed by atoms with van der Waals surface area (Å²) in [7, 11) is -1.67. The van der Waals surface area contributed by atoms with Crippen molar-refractivity contribution in [1.82, 2.24) is 9.62 Å². The van der Waals surface area contributed by atoms with Crippen LogP contribution in [0.3, 0.4) is 0 Å². The molecule has 2 rings (SSSR count). The van der Waals surface area contributed by atoms with Crippen LogP contribution in [-0.2, 0) is 28.7 Å². The Labute approximate surface area is 318 Å². The van der Waals surface area contributed by atoms with Gasteiger partial charge in [0.15, 0.2) is 0 Å². The zero-order valence-electron chi connectivity index (χ0n) is 24.0. The Hall–Kier alpha value is 2.77. The summed E-state index contributed by atoms with van der Waals surface area (Å²) in [6, 6.07) is 0. The molecule has 2 heterocycles. The van der Waals surface area contributed by atoms with E-state index in [9.17, 15) is 26.4 Å². The van der Waals surface area contributed by atoms with Crippen LogP contribution in [-0.4, -0.2) is 180 Å². The number of rotatable bonds is 9. The molecule has 36 heavy (non-hydrogen) atoms. The average molecular weight is 869 g/mol. The summed E-state index contributed by atoms with van der Waals surface area (Å²) < 4.78 is 45.2. The van der Waals surface area contributed by atoms with Gasteiger partial charge in [-0.2, -0.15) is 0 Å². The maximum absolute atomic E-state index is 11.8. The molecular weight excluding hydrogens is 825 g/mol. The minimum absolute atomic E-state index is 0. The van der Waals surface area contributed by atoms with Crippen LogP contribution in [0.1, 0.15) is 51.7 Å². The monoisotopic (exact) mass is 868 g/mol. The SMILES string of the molecule is C.NC(=O)C1CCN(S(=O)(=O)CCCCl)CC1.NC(=O)C1CCNCC1.O=S(=O)(Cl)CCCCl.[Ba+2].[Ba+2].[H-].[H-].[H-].[H-]. The molecule has 17 heteroatoms. The van der Waals surface area contributed by atoms with E-state index in [1.54, 1.807) is 0 Å². The van der Waals surface area contributed by atoms with E-state index >= 15 is 0 Å². The minimum atomic E-state index is -3.30. The maximum Gasteiger partial charge on any atom is 2.00 e. The Morgan fingerprint density at radius 3 is 1.53 bits per heavy atom. The van der Waals surface area contributed by atoms with E-state index in [0.29, 0.717) is 50.5 Å². The molecular formula is C19H43Ba2Cl3N4O6S2. The molecule has 2 saturated heterocycles. The van der Waals surface area contributed by atoms with E-state index in [0.717, 1.165) is 25.9 Å². The zero-order valence-corrected chi connectivity index (χ0v) is 32.8. The Balaban J connectivity index is -0.0000000627. The molecule has 0 aromatic rings. The van der Waals surface area contributed by atoms with Gasteiger partial charge in [0.25, 0.3) is 0 Å². The number of amides is 2. The quantitative estimate of drug-likeness (QED) is 0.177. The normalized spacial score (nSPS) is 16.9. The molecule has 0 bridgehead atoms. The standard InChI is InChI=1S/C9H17ClN2O3S.C6H12N2O.C3H6Cl2O2S.CH4.2Ba.4H/c10-4-1-7-16(14,15)12-5-2-8(3-6-12)9(11)13;7-6(9)5-1-3-8-4-2-5;4-2-1-3-8(5,6)7;;;;;;;/h8H,1-7H2,(H2,11,13);5,8H,1-4H2,(H2,7,9);1-3H2;1H4;;;;;;/q;;;;2*+2;4*-1. The van der Waals surface area contributed by atoms with Crippen molar-refractivity contribution in [3.8, 4) is 0 Å². The summed E-state index contributed by atoms with van der Waals surface area (Å²) >= 11 is 10.7. The minimum Gasteiger partial charge on any atom is -1.00 e. The number of nitrogens with zero attached hydrogens (tertiary/aromatic N) is 1. The molecule has 2 amide bonds. The average Bonchev–Trinajstić information content (AvgIpc) is 2.77. The van der Waals surface area contributed by atoms with Crippen LogP contribution in [0.4, 0.5) is 0 Å². The first-order chi connectivity index (χ1) is 15.3. The fraction of sp³-hybridized carbons (Fsp3) is 0.895. The first-order valence-electron chi connectivity index (χ1n) is 10.7. The van der Waals surface area contributed by atoms with E-state index in [4.69, 9.17) is 45.4 Å². The molecule has 0 atom stereocenters. The number of hydrogen-bond acceptors (Lipinski definition) is 7. The Morgan fingerprint density at radius 2 is 1.22 bits per heavy atom. The third-order valence-corrected chi connectivity index (χ3v) is 8.78. The molecule has 2 aliphatic rings. The molecule has 0 aliphatic carbocycles. The van der Waals surface area contributed by atoms with Gasteiger partial charge in [0.1, 0.15) is 0 Å². The van der Waals surface area contributed by atoms with E-state index in [1.807, 2.05) is 0 Å². The van der Waals surface area contributed by atoms with Crippen molar-refractivity contribution < 1.29 is 32.1 Å². The summed E-state index contributed by atoms with van der Waals surface area (Å²) in [4.78, 5) is 21.5. The van der Waals surface area contributed by atoms with E-state index in [2.05, 4.69) is 5.32 Å². The Morgan fingerprint density at radius 1 is 0.833 bits per heavy atom. The molecule has 0 saturated carbocycles. The molecule has 5 N–H and O–H groups in total. The molecule has 212 valence electrons. The first-order valence-corrected chi connectivity index (χ1v) is 15.8. The fourth-order valence-corrected chi connectivity index (χ4v) is 6.05. The third-order valence-electron chi connectivity index (χ3n) is 5.05. The number of carbonyl (C=O) groups excluding carboxylic acids is 2. The predicted molar refractivity (Wildman–Crippen MR) is 155 cm³/mol. The van der Waals surface area contributed by atoms with Gasteiger partial charge in [0.05, 0.1) is 11.5 Å². The molecule has 2 fully saturated rings. The van der Waals surface area contributed by atoms with Gasteiger partial charge in [0.2, 0.25) is 30.9 Å². The summed E-state index contributed by atoms with van der Waals surface area (Å²) in [6.45, 7) is 2.65. The van der Waals surface area contributed by atoms with Crippen molar-refractivity contribution in [2.75, 3.05) is 49.4 Å². The molecule has 0 unspecified atom stereocenters. The maximum atomic E-state index is 11.8. The number of nitrogens with two attached hydrogens (primary N) is 2. The summed E-state index contributed by atoms with van der Waals surface area (Å²) in [6.07, 6.45) is 3.75. The van der Waals surface area contributed by atoms with Crippen molar-refractivity contribution in [1.29, 1.82) is 0 Å². The second-order valence-corrected chi connectivity index (χ2v) is 13.4. The van der Waals surface area contributed by atoms with Gasteiger partial charge in [-0.1, -0.05) is 7.43 Å². The van der Waals surface area contributed by atoms with E-state index in [-0.39, 0.29) is 146 Å².